The summed E-state index contributed by atoms with van der Waals surface area (Å²) in [6.07, 6.45) is 2.17. The Balaban J connectivity index is 2.75. The van der Waals surface area contributed by atoms with Crippen LogP contribution in [0.2, 0.25) is 0 Å². The number of para-hydroxylation sites is 1. The molecule has 2 aromatic rings. The number of hydrogen-bond donors (Lipinski definition) is 2. The van der Waals surface area contributed by atoms with Crippen LogP contribution in [0.4, 0.5) is 0 Å². The molecule has 2 rings (SSSR count). The number of aromatic amines is 1. The maximum atomic E-state index is 11.4. The lowest BCUT2D eigenvalue weighted by Gasteiger charge is -2.02. The summed E-state index contributed by atoms with van der Waals surface area (Å²) < 4.78 is 0. The van der Waals surface area contributed by atoms with Gasteiger partial charge in [-0.15, -0.1) is 0 Å². The first-order valence-electron chi connectivity index (χ1n) is 4.48. The van der Waals surface area contributed by atoms with Crippen LogP contribution in [-0.2, 0) is 6.42 Å². The van der Waals surface area contributed by atoms with Crippen molar-refractivity contribution in [3.8, 4) is 0 Å². The summed E-state index contributed by atoms with van der Waals surface area (Å²) in [6.45, 7) is 0.563. The lowest BCUT2D eigenvalue weighted by Crippen LogP contribution is -2.09. The fraction of sp³-hybridized carbons (Fsp3) is 0.200. The minimum atomic E-state index is -0.103. The van der Waals surface area contributed by atoms with Crippen LogP contribution in [0.1, 0.15) is 5.56 Å². The molecular formula is C10H11N3O. The molecule has 4 nitrogen and oxygen atoms in total. The van der Waals surface area contributed by atoms with Crippen LogP contribution in [0.25, 0.3) is 10.9 Å². The summed E-state index contributed by atoms with van der Waals surface area (Å²) in [6, 6.07) is 5.56. The minimum absolute atomic E-state index is 0.103. The smallest absolute Gasteiger partial charge is 0.258 e. The third-order valence-corrected chi connectivity index (χ3v) is 2.17. The summed E-state index contributed by atoms with van der Waals surface area (Å²) in [5.74, 6) is 0. The van der Waals surface area contributed by atoms with Crippen LogP contribution in [0.3, 0.4) is 0 Å². The van der Waals surface area contributed by atoms with E-state index in [1.807, 2.05) is 12.1 Å². The van der Waals surface area contributed by atoms with E-state index in [1.54, 1.807) is 6.07 Å². The molecule has 72 valence electrons. The summed E-state index contributed by atoms with van der Waals surface area (Å²) >= 11 is 0. The average Bonchev–Trinajstić information content (AvgIpc) is 2.20. The number of nitrogens with zero attached hydrogens (tertiary/aromatic N) is 1. The third kappa shape index (κ3) is 1.40. The van der Waals surface area contributed by atoms with Crippen molar-refractivity contribution in [2.45, 2.75) is 6.42 Å². The van der Waals surface area contributed by atoms with Gasteiger partial charge in [-0.05, 0) is 24.6 Å². The van der Waals surface area contributed by atoms with Crippen LogP contribution in [0.5, 0.6) is 0 Å². The molecule has 0 aliphatic heterocycles. The van der Waals surface area contributed by atoms with Gasteiger partial charge in [0.15, 0.2) is 0 Å². The number of aromatic nitrogens is 2. The Morgan fingerprint density at radius 2 is 2.29 bits per heavy atom. The Hall–Kier alpha value is -1.68. The zero-order valence-corrected chi connectivity index (χ0v) is 7.66. The van der Waals surface area contributed by atoms with Crippen molar-refractivity contribution in [1.82, 2.24) is 9.97 Å². The number of hydrogen-bond acceptors (Lipinski definition) is 3. The molecule has 1 aromatic heterocycles. The lowest BCUT2D eigenvalue weighted by atomic mass is 10.1. The Morgan fingerprint density at radius 1 is 1.43 bits per heavy atom. The third-order valence-electron chi connectivity index (χ3n) is 2.17. The first-order chi connectivity index (χ1) is 6.83. The predicted molar refractivity (Wildman–Crippen MR) is 55.1 cm³/mol. The zero-order valence-electron chi connectivity index (χ0n) is 7.66. The molecule has 0 spiro atoms. The van der Waals surface area contributed by atoms with E-state index in [0.29, 0.717) is 11.9 Å². The van der Waals surface area contributed by atoms with E-state index in [-0.39, 0.29) is 5.56 Å². The monoisotopic (exact) mass is 189 g/mol. The fourth-order valence-electron chi connectivity index (χ4n) is 1.52. The van der Waals surface area contributed by atoms with E-state index < -0.39 is 0 Å². The second kappa shape index (κ2) is 3.59. The van der Waals surface area contributed by atoms with Crippen molar-refractivity contribution in [3.05, 3.63) is 40.4 Å². The number of fused-ring (bicyclic) bond motifs is 1. The minimum Gasteiger partial charge on any atom is -0.330 e. The van der Waals surface area contributed by atoms with Crippen LogP contribution >= 0.6 is 0 Å². The highest BCUT2D eigenvalue weighted by atomic mass is 16.1. The van der Waals surface area contributed by atoms with Crippen molar-refractivity contribution in [1.29, 1.82) is 0 Å². The SMILES string of the molecule is NCCc1cccc2c(=O)[nH]cnc12. The molecule has 3 N–H and O–H groups in total. The second-order valence-corrected chi connectivity index (χ2v) is 3.08. The van der Waals surface area contributed by atoms with E-state index in [4.69, 9.17) is 5.73 Å². The van der Waals surface area contributed by atoms with Crippen molar-refractivity contribution >= 4 is 10.9 Å². The zero-order chi connectivity index (χ0) is 9.97. The van der Waals surface area contributed by atoms with E-state index >= 15 is 0 Å². The number of nitrogens with two attached hydrogens (primary N) is 1. The van der Waals surface area contributed by atoms with E-state index in [0.717, 1.165) is 17.5 Å². The molecule has 0 unspecified atom stereocenters. The van der Waals surface area contributed by atoms with Crippen LogP contribution in [0, 0.1) is 0 Å². The maximum Gasteiger partial charge on any atom is 0.258 e. The van der Waals surface area contributed by atoms with Gasteiger partial charge in [0.1, 0.15) is 0 Å². The topological polar surface area (TPSA) is 71.8 Å². The molecule has 14 heavy (non-hydrogen) atoms. The summed E-state index contributed by atoms with van der Waals surface area (Å²) in [5.41, 5.74) is 7.15. The molecular weight excluding hydrogens is 178 g/mol. The van der Waals surface area contributed by atoms with Gasteiger partial charge in [-0.3, -0.25) is 4.79 Å². The molecule has 0 aliphatic carbocycles. The molecule has 0 amide bonds. The van der Waals surface area contributed by atoms with Crippen molar-refractivity contribution < 1.29 is 0 Å². The van der Waals surface area contributed by atoms with Gasteiger partial charge in [-0.2, -0.15) is 0 Å². The average molecular weight is 189 g/mol. The summed E-state index contributed by atoms with van der Waals surface area (Å²) in [4.78, 5) is 18.1. The molecule has 1 heterocycles. The van der Waals surface area contributed by atoms with Crippen LogP contribution in [-0.4, -0.2) is 16.5 Å². The number of nitrogens with one attached hydrogen (secondary N) is 1. The molecule has 0 saturated heterocycles. The summed E-state index contributed by atoms with van der Waals surface area (Å²) in [5, 5.41) is 0.624. The highest BCUT2D eigenvalue weighted by molar-refractivity contribution is 5.80. The molecule has 4 heteroatoms. The van der Waals surface area contributed by atoms with E-state index in [1.165, 1.54) is 6.33 Å². The fourth-order valence-corrected chi connectivity index (χ4v) is 1.52. The summed E-state index contributed by atoms with van der Waals surface area (Å²) in [7, 11) is 0. The predicted octanol–water partition coefficient (Wildman–Crippen LogP) is 0.424. The van der Waals surface area contributed by atoms with Crippen molar-refractivity contribution in [3.63, 3.8) is 0 Å². The maximum absolute atomic E-state index is 11.4. The Kier molecular flexibility index (Phi) is 2.28. The molecule has 0 aliphatic rings. The highest BCUT2D eigenvalue weighted by Crippen LogP contribution is 2.12. The van der Waals surface area contributed by atoms with Crippen molar-refractivity contribution in [2.24, 2.45) is 5.73 Å². The molecule has 1 aromatic carbocycles. The van der Waals surface area contributed by atoms with E-state index in [2.05, 4.69) is 9.97 Å². The molecule has 0 atom stereocenters. The standard InChI is InChI=1S/C10H11N3O/c11-5-4-7-2-1-3-8-9(7)12-6-13-10(8)14/h1-3,6H,4-5,11H2,(H,12,13,14). The van der Waals surface area contributed by atoms with Gasteiger partial charge in [0.2, 0.25) is 0 Å². The first kappa shape index (κ1) is 8.90. The lowest BCUT2D eigenvalue weighted by molar-refractivity contribution is 0.971. The normalized spacial score (nSPS) is 10.6. The quantitative estimate of drug-likeness (QED) is 0.719. The highest BCUT2D eigenvalue weighted by Gasteiger charge is 2.03. The van der Waals surface area contributed by atoms with E-state index in [9.17, 15) is 4.79 Å². The van der Waals surface area contributed by atoms with Gasteiger partial charge in [0.05, 0.1) is 17.2 Å². The Labute approximate surface area is 80.8 Å². The van der Waals surface area contributed by atoms with Gasteiger partial charge in [0.25, 0.3) is 5.56 Å². The Morgan fingerprint density at radius 3 is 3.07 bits per heavy atom. The molecule has 0 saturated carbocycles. The first-order valence-corrected chi connectivity index (χ1v) is 4.48. The van der Waals surface area contributed by atoms with Crippen molar-refractivity contribution in [2.75, 3.05) is 6.54 Å². The van der Waals surface area contributed by atoms with Gasteiger partial charge in [-0.25, -0.2) is 4.98 Å². The van der Waals surface area contributed by atoms with Crippen LogP contribution in [0.15, 0.2) is 29.3 Å². The number of H-pyrrole nitrogens is 1. The largest absolute Gasteiger partial charge is 0.330 e. The molecule has 0 radical (unpaired) electrons. The number of benzene rings is 1. The van der Waals surface area contributed by atoms with Gasteiger partial charge in [-0.1, -0.05) is 12.1 Å². The molecule has 0 bridgehead atoms. The van der Waals surface area contributed by atoms with Gasteiger partial charge >= 0.3 is 0 Å². The van der Waals surface area contributed by atoms with Crippen LogP contribution < -0.4 is 11.3 Å². The Bertz CT molecular complexity index is 504. The van der Waals surface area contributed by atoms with Gasteiger partial charge < -0.3 is 10.7 Å². The number of rotatable bonds is 2. The second-order valence-electron chi connectivity index (χ2n) is 3.08. The van der Waals surface area contributed by atoms with Gasteiger partial charge in [0, 0.05) is 0 Å². The molecule has 0 fully saturated rings.